The number of halogens is 1. The fraction of sp³-hybridized carbons (Fsp3) is 0.450. The van der Waals surface area contributed by atoms with E-state index in [4.69, 9.17) is 16.3 Å². The number of aryl methyl sites for hydroxylation is 1. The van der Waals surface area contributed by atoms with Gasteiger partial charge in [0, 0.05) is 5.69 Å². The van der Waals surface area contributed by atoms with Gasteiger partial charge in [-0.1, -0.05) is 65.0 Å². The van der Waals surface area contributed by atoms with E-state index in [9.17, 15) is 0 Å². The van der Waals surface area contributed by atoms with Crippen LogP contribution in [0, 0.1) is 12.8 Å². The Balaban J connectivity index is 0.000000705. The zero-order valence-electron chi connectivity index (χ0n) is 15.3. The van der Waals surface area contributed by atoms with Crippen LogP contribution in [0.4, 0.5) is 0 Å². The van der Waals surface area contributed by atoms with Gasteiger partial charge < -0.3 is 4.74 Å². The van der Waals surface area contributed by atoms with Gasteiger partial charge in [0.05, 0.1) is 11.6 Å². The van der Waals surface area contributed by atoms with Crippen molar-refractivity contribution < 1.29 is 4.74 Å². The molecule has 2 nitrogen and oxygen atoms in total. The third kappa shape index (κ3) is 9.96. The van der Waals surface area contributed by atoms with Crippen LogP contribution in [0.1, 0.15) is 51.6 Å². The molecule has 0 radical (unpaired) electrons. The smallest absolute Gasteiger partial charge is 0.142 e. The van der Waals surface area contributed by atoms with Crippen LogP contribution in [0.25, 0.3) is 0 Å². The van der Waals surface area contributed by atoms with Gasteiger partial charge in [0.15, 0.2) is 0 Å². The van der Waals surface area contributed by atoms with Gasteiger partial charge in [0.1, 0.15) is 12.4 Å². The fourth-order valence-corrected chi connectivity index (χ4v) is 1.75. The first kappa shape index (κ1) is 21.5. The lowest BCUT2D eigenvalue weighted by atomic mass is 10.2. The Bertz CT molecular complexity index is 524. The van der Waals surface area contributed by atoms with Crippen molar-refractivity contribution in [1.82, 2.24) is 4.98 Å². The van der Waals surface area contributed by atoms with Crippen LogP contribution >= 0.6 is 11.6 Å². The average molecular weight is 336 g/mol. The summed E-state index contributed by atoms with van der Waals surface area (Å²) in [6, 6.07) is 13.9. The van der Waals surface area contributed by atoms with Crippen molar-refractivity contribution in [3.8, 4) is 5.75 Å². The maximum absolute atomic E-state index is 5.84. The van der Waals surface area contributed by atoms with E-state index >= 15 is 0 Å². The maximum Gasteiger partial charge on any atom is 0.142 e. The minimum Gasteiger partial charge on any atom is -0.487 e. The third-order valence-corrected chi connectivity index (χ3v) is 2.69. The first-order chi connectivity index (χ1) is 11.0. The van der Waals surface area contributed by atoms with Gasteiger partial charge in [-0.25, -0.2) is 0 Å². The Morgan fingerprint density at radius 1 is 1.00 bits per heavy atom. The third-order valence-electron chi connectivity index (χ3n) is 2.44. The molecule has 0 aliphatic heterocycles. The molecule has 2 aromatic rings. The van der Waals surface area contributed by atoms with E-state index in [1.165, 1.54) is 0 Å². The summed E-state index contributed by atoms with van der Waals surface area (Å²) in [5.74, 6) is 1.96. The highest BCUT2D eigenvalue weighted by atomic mass is 35.5. The van der Waals surface area contributed by atoms with Crippen molar-refractivity contribution in [2.45, 2.75) is 54.0 Å². The number of benzene rings is 1. The highest BCUT2D eigenvalue weighted by molar-refractivity contribution is 6.17. The molecular weight excluding hydrogens is 306 g/mol. The highest BCUT2D eigenvalue weighted by Gasteiger charge is 2.04. The molecule has 0 spiro atoms. The standard InChI is InChI=1S/C14H14ClNO.C4H10.C2H6/c1-11-7-8-14(13(9-15)16-11)17-10-12-5-3-2-4-6-12;1-4(2)3;1-2/h2-8H,9-10H2,1H3;4H,1-3H3;1-2H3. The number of rotatable bonds is 4. The molecule has 0 amide bonds. The van der Waals surface area contributed by atoms with E-state index in [1.54, 1.807) is 0 Å². The number of nitrogens with zero attached hydrogens (tertiary/aromatic N) is 1. The largest absolute Gasteiger partial charge is 0.487 e. The van der Waals surface area contributed by atoms with E-state index in [2.05, 4.69) is 25.8 Å². The zero-order chi connectivity index (χ0) is 17.7. The molecule has 1 aromatic heterocycles. The highest BCUT2D eigenvalue weighted by Crippen LogP contribution is 2.20. The first-order valence-corrected chi connectivity index (χ1v) is 8.75. The molecule has 0 N–H and O–H groups in total. The van der Waals surface area contributed by atoms with E-state index in [0.717, 1.165) is 28.6 Å². The molecule has 3 heteroatoms. The summed E-state index contributed by atoms with van der Waals surface area (Å²) in [6.07, 6.45) is 0. The molecule has 1 aromatic carbocycles. The van der Waals surface area contributed by atoms with Crippen molar-refractivity contribution in [3.05, 3.63) is 59.4 Å². The summed E-state index contributed by atoms with van der Waals surface area (Å²) in [7, 11) is 0. The van der Waals surface area contributed by atoms with Crippen LogP contribution in [-0.4, -0.2) is 4.98 Å². The molecule has 0 aliphatic carbocycles. The Morgan fingerprint density at radius 2 is 1.57 bits per heavy atom. The molecule has 2 rings (SSSR count). The van der Waals surface area contributed by atoms with Crippen molar-refractivity contribution in [1.29, 1.82) is 0 Å². The van der Waals surface area contributed by atoms with Crippen LogP contribution in [0.15, 0.2) is 42.5 Å². The molecule has 23 heavy (non-hydrogen) atoms. The minimum atomic E-state index is 0.367. The molecule has 1 heterocycles. The fourth-order valence-electron chi connectivity index (χ4n) is 1.56. The van der Waals surface area contributed by atoms with Crippen LogP contribution in [0.2, 0.25) is 0 Å². The Hall–Kier alpha value is -1.54. The summed E-state index contributed by atoms with van der Waals surface area (Å²) in [5.41, 5.74) is 2.88. The second-order valence-corrected chi connectivity index (χ2v) is 5.80. The summed E-state index contributed by atoms with van der Waals surface area (Å²) in [6.45, 7) is 13.0. The van der Waals surface area contributed by atoms with Gasteiger partial charge in [0.2, 0.25) is 0 Å². The summed E-state index contributed by atoms with van der Waals surface area (Å²) >= 11 is 5.84. The number of alkyl halides is 1. The van der Waals surface area contributed by atoms with Crippen molar-refractivity contribution in [2.75, 3.05) is 0 Å². The van der Waals surface area contributed by atoms with Gasteiger partial charge in [-0.2, -0.15) is 0 Å². The average Bonchev–Trinajstić information content (AvgIpc) is 2.56. The number of aromatic nitrogens is 1. The molecule has 0 saturated carbocycles. The summed E-state index contributed by atoms with van der Waals surface area (Å²) in [5, 5.41) is 0. The van der Waals surface area contributed by atoms with Gasteiger partial charge >= 0.3 is 0 Å². The van der Waals surface area contributed by atoms with Crippen molar-refractivity contribution in [2.24, 2.45) is 5.92 Å². The summed E-state index contributed by atoms with van der Waals surface area (Å²) < 4.78 is 5.72. The van der Waals surface area contributed by atoms with Crippen LogP contribution in [0.5, 0.6) is 5.75 Å². The topological polar surface area (TPSA) is 22.1 Å². The second-order valence-electron chi connectivity index (χ2n) is 5.54. The van der Waals surface area contributed by atoms with E-state index in [1.807, 2.05) is 63.2 Å². The lowest BCUT2D eigenvalue weighted by Gasteiger charge is -2.09. The van der Waals surface area contributed by atoms with Crippen molar-refractivity contribution in [3.63, 3.8) is 0 Å². The Labute approximate surface area is 146 Å². The van der Waals surface area contributed by atoms with E-state index in [0.29, 0.717) is 12.5 Å². The molecule has 0 aliphatic rings. The van der Waals surface area contributed by atoms with Gasteiger partial charge in [-0.05, 0) is 30.5 Å². The van der Waals surface area contributed by atoms with Gasteiger partial charge in [-0.3, -0.25) is 4.98 Å². The molecule has 0 bridgehead atoms. The predicted molar refractivity (Wildman–Crippen MR) is 101 cm³/mol. The minimum absolute atomic E-state index is 0.367. The lowest BCUT2D eigenvalue weighted by molar-refractivity contribution is 0.302. The monoisotopic (exact) mass is 335 g/mol. The normalized spacial score (nSPS) is 9.39. The van der Waals surface area contributed by atoms with E-state index in [-0.39, 0.29) is 0 Å². The quantitative estimate of drug-likeness (QED) is 0.603. The molecule has 0 saturated heterocycles. The lowest BCUT2D eigenvalue weighted by Crippen LogP contribution is -2.00. The molecule has 0 fully saturated rings. The molecule has 128 valence electrons. The maximum atomic E-state index is 5.84. The second kappa shape index (κ2) is 13.0. The number of hydrogen-bond donors (Lipinski definition) is 0. The summed E-state index contributed by atoms with van der Waals surface area (Å²) in [4.78, 5) is 4.35. The van der Waals surface area contributed by atoms with Crippen LogP contribution in [-0.2, 0) is 12.5 Å². The Kier molecular flexibility index (Phi) is 12.1. The number of ether oxygens (including phenoxy) is 1. The first-order valence-electron chi connectivity index (χ1n) is 8.22. The number of hydrogen-bond acceptors (Lipinski definition) is 2. The van der Waals surface area contributed by atoms with Crippen molar-refractivity contribution >= 4 is 11.6 Å². The molecule has 0 unspecified atom stereocenters. The van der Waals surface area contributed by atoms with Crippen LogP contribution < -0.4 is 4.74 Å². The van der Waals surface area contributed by atoms with Gasteiger partial charge in [-0.15, -0.1) is 11.6 Å². The Morgan fingerprint density at radius 3 is 2.09 bits per heavy atom. The predicted octanol–water partition coefficient (Wildman–Crippen LogP) is 6.40. The SMILES string of the molecule is CC.CC(C)C.Cc1ccc(OCc2ccccc2)c(CCl)n1. The molecule has 0 atom stereocenters. The van der Waals surface area contributed by atoms with Gasteiger partial charge in [0.25, 0.3) is 0 Å². The van der Waals surface area contributed by atoms with Crippen LogP contribution in [0.3, 0.4) is 0 Å². The zero-order valence-corrected chi connectivity index (χ0v) is 16.0. The number of pyridine rings is 1. The van der Waals surface area contributed by atoms with E-state index < -0.39 is 0 Å². The molecular formula is C20H30ClNO.